The fourth-order valence-corrected chi connectivity index (χ4v) is 3.33. The molecule has 1 fully saturated rings. The number of amides is 1. The van der Waals surface area contributed by atoms with Crippen molar-refractivity contribution in [2.24, 2.45) is 0 Å². The van der Waals surface area contributed by atoms with E-state index in [9.17, 15) is 4.79 Å². The second-order valence-electron chi connectivity index (χ2n) is 5.27. The van der Waals surface area contributed by atoms with Crippen LogP contribution in [0, 0.1) is 0 Å². The van der Waals surface area contributed by atoms with Crippen molar-refractivity contribution in [2.45, 2.75) is 36.3 Å². The lowest BCUT2D eigenvalue weighted by atomic mass is 10.3. The maximum Gasteiger partial charge on any atom is 0.233 e. The molecule has 1 aromatic rings. The molecular formula is C16H24N2OS. The van der Waals surface area contributed by atoms with E-state index in [1.54, 1.807) is 11.8 Å². The minimum Gasteiger partial charge on any atom is -0.355 e. The molecule has 0 aliphatic carbocycles. The molecule has 0 saturated carbocycles. The van der Waals surface area contributed by atoms with E-state index in [0.717, 1.165) is 24.4 Å². The molecule has 3 nitrogen and oxygen atoms in total. The number of nitrogens with zero attached hydrogens (tertiary/aromatic N) is 1. The number of hydrogen-bond acceptors (Lipinski definition) is 3. The summed E-state index contributed by atoms with van der Waals surface area (Å²) in [5.74, 6) is 0.139. The molecule has 0 aromatic heterocycles. The lowest BCUT2D eigenvalue weighted by Gasteiger charge is -2.15. The summed E-state index contributed by atoms with van der Waals surface area (Å²) in [5.41, 5.74) is 0. The van der Waals surface area contributed by atoms with Crippen molar-refractivity contribution in [2.75, 3.05) is 26.2 Å². The summed E-state index contributed by atoms with van der Waals surface area (Å²) in [6, 6.07) is 10.1. The van der Waals surface area contributed by atoms with Gasteiger partial charge in [0, 0.05) is 11.4 Å². The van der Waals surface area contributed by atoms with Crippen LogP contribution < -0.4 is 5.32 Å². The molecule has 1 N–H and O–H groups in total. The molecule has 110 valence electrons. The maximum atomic E-state index is 12.0. The topological polar surface area (TPSA) is 32.3 Å². The van der Waals surface area contributed by atoms with Gasteiger partial charge in [-0.15, -0.1) is 11.8 Å². The van der Waals surface area contributed by atoms with Gasteiger partial charge in [0.15, 0.2) is 0 Å². The van der Waals surface area contributed by atoms with Crippen molar-refractivity contribution in [1.29, 1.82) is 0 Å². The number of rotatable bonds is 7. The maximum absolute atomic E-state index is 12.0. The molecule has 20 heavy (non-hydrogen) atoms. The first-order valence-corrected chi connectivity index (χ1v) is 8.35. The van der Waals surface area contributed by atoms with Crippen molar-refractivity contribution in [1.82, 2.24) is 10.2 Å². The smallest absolute Gasteiger partial charge is 0.233 e. The first kappa shape index (κ1) is 15.4. The summed E-state index contributed by atoms with van der Waals surface area (Å²) in [7, 11) is 0. The van der Waals surface area contributed by atoms with E-state index in [-0.39, 0.29) is 11.2 Å². The highest BCUT2D eigenvalue weighted by molar-refractivity contribution is 8.00. The highest BCUT2D eigenvalue weighted by atomic mass is 32.2. The molecule has 0 bridgehead atoms. The van der Waals surface area contributed by atoms with Crippen LogP contribution >= 0.6 is 11.8 Å². The van der Waals surface area contributed by atoms with E-state index in [2.05, 4.69) is 10.2 Å². The third-order valence-electron chi connectivity index (χ3n) is 3.57. The molecule has 1 amide bonds. The molecule has 0 unspecified atom stereocenters. The fourth-order valence-electron chi connectivity index (χ4n) is 2.42. The SMILES string of the molecule is C[C@H](Sc1ccccc1)C(=O)NCCCN1CCCC1. The van der Waals surface area contributed by atoms with Gasteiger partial charge in [0.2, 0.25) is 5.91 Å². The molecule has 2 rings (SSSR count). The van der Waals surface area contributed by atoms with Gasteiger partial charge >= 0.3 is 0 Å². The zero-order chi connectivity index (χ0) is 14.2. The van der Waals surface area contributed by atoms with Crippen LogP contribution in [0.15, 0.2) is 35.2 Å². The van der Waals surface area contributed by atoms with Gasteiger partial charge in [0.25, 0.3) is 0 Å². The molecule has 0 radical (unpaired) electrons. The number of benzene rings is 1. The number of thioether (sulfide) groups is 1. The Balaban J connectivity index is 1.61. The number of carbonyl (C=O) groups is 1. The van der Waals surface area contributed by atoms with Gasteiger partial charge in [-0.3, -0.25) is 4.79 Å². The third kappa shape index (κ3) is 5.17. The normalized spacial score (nSPS) is 17.1. The predicted octanol–water partition coefficient (Wildman–Crippen LogP) is 2.77. The minimum absolute atomic E-state index is 0.0378. The van der Waals surface area contributed by atoms with Gasteiger partial charge in [-0.2, -0.15) is 0 Å². The average Bonchev–Trinajstić information content (AvgIpc) is 2.97. The van der Waals surface area contributed by atoms with Crippen LogP contribution in [0.1, 0.15) is 26.2 Å². The highest BCUT2D eigenvalue weighted by Crippen LogP contribution is 2.22. The van der Waals surface area contributed by atoms with E-state index >= 15 is 0 Å². The van der Waals surface area contributed by atoms with E-state index in [0.29, 0.717) is 0 Å². The van der Waals surface area contributed by atoms with Crippen molar-refractivity contribution in [3.8, 4) is 0 Å². The average molecular weight is 292 g/mol. The van der Waals surface area contributed by atoms with Crippen molar-refractivity contribution in [3.05, 3.63) is 30.3 Å². The summed E-state index contributed by atoms with van der Waals surface area (Å²) >= 11 is 1.61. The van der Waals surface area contributed by atoms with Crippen LogP contribution in [0.3, 0.4) is 0 Å². The summed E-state index contributed by atoms with van der Waals surface area (Å²) < 4.78 is 0. The number of likely N-dealkylation sites (tertiary alicyclic amines) is 1. The van der Waals surface area contributed by atoms with Crippen molar-refractivity contribution < 1.29 is 4.79 Å². The Morgan fingerprint density at radius 1 is 1.30 bits per heavy atom. The summed E-state index contributed by atoms with van der Waals surface area (Å²) in [6.45, 7) is 6.32. The Morgan fingerprint density at radius 3 is 2.70 bits per heavy atom. The minimum atomic E-state index is -0.0378. The van der Waals surface area contributed by atoms with Crippen LogP contribution in [0.5, 0.6) is 0 Å². The van der Waals surface area contributed by atoms with Crippen LogP contribution in [-0.4, -0.2) is 42.2 Å². The zero-order valence-electron chi connectivity index (χ0n) is 12.2. The van der Waals surface area contributed by atoms with E-state index in [1.807, 2.05) is 37.3 Å². The Bertz CT molecular complexity index is 404. The van der Waals surface area contributed by atoms with Gasteiger partial charge < -0.3 is 10.2 Å². The lowest BCUT2D eigenvalue weighted by Crippen LogP contribution is -2.33. The predicted molar refractivity (Wildman–Crippen MR) is 85.1 cm³/mol. The second-order valence-corrected chi connectivity index (χ2v) is 6.68. The highest BCUT2D eigenvalue weighted by Gasteiger charge is 2.14. The number of nitrogens with one attached hydrogen (secondary N) is 1. The van der Waals surface area contributed by atoms with Gasteiger partial charge in [-0.05, 0) is 58.0 Å². The Hall–Kier alpha value is -1.00. The van der Waals surface area contributed by atoms with Gasteiger partial charge in [0.05, 0.1) is 5.25 Å². The number of carbonyl (C=O) groups excluding carboxylic acids is 1. The summed E-state index contributed by atoms with van der Waals surface area (Å²) in [4.78, 5) is 15.6. The molecule has 0 spiro atoms. The van der Waals surface area contributed by atoms with Crippen molar-refractivity contribution in [3.63, 3.8) is 0 Å². The summed E-state index contributed by atoms with van der Waals surface area (Å²) in [5, 5.41) is 3.00. The molecular weight excluding hydrogens is 268 g/mol. The first-order chi connectivity index (χ1) is 9.75. The largest absolute Gasteiger partial charge is 0.355 e. The van der Waals surface area contributed by atoms with E-state index < -0.39 is 0 Å². The Labute approximate surface area is 126 Å². The van der Waals surface area contributed by atoms with Crippen LogP contribution in [0.25, 0.3) is 0 Å². The fraction of sp³-hybridized carbons (Fsp3) is 0.562. The lowest BCUT2D eigenvalue weighted by molar-refractivity contribution is -0.120. The van der Waals surface area contributed by atoms with Gasteiger partial charge in [0.1, 0.15) is 0 Å². The summed E-state index contributed by atoms with van der Waals surface area (Å²) in [6.07, 6.45) is 3.71. The molecule has 1 aliphatic rings. The molecule has 1 heterocycles. The van der Waals surface area contributed by atoms with E-state index in [4.69, 9.17) is 0 Å². The monoisotopic (exact) mass is 292 g/mol. The van der Waals surface area contributed by atoms with Gasteiger partial charge in [-0.1, -0.05) is 18.2 Å². The van der Waals surface area contributed by atoms with Crippen LogP contribution in [0.4, 0.5) is 0 Å². The van der Waals surface area contributed by atoms with E-state index in [1.165, 1.54) is 25.9 Å². The molecule has 1 aliphatic heterocycles. The first-order valence-electron chi connectivity index (χ1n) is 7.47. The standard InChI is InChI=1S/C16H24N2OS/c1-14(20-15-8-3-2-4-9-15)16(19)17-10-7-13-18-11-5-6-12-18/h2-4,8-9,14H,5-7,10-13H2,1H3,(H,17,19)/t14-/m0/s1. The molecule has 1 atom stereocenters. The molecule has 4 heteroatoms. The Kier molecular flexibility index (Phi) is 6.40. The second kappa shape index (κ2) is 8.32. The van der Waals surface area contributed by atoms with Crippen LogP contribution in [0.2, 0.25) is 0 Å². The van der Waals surface area contributed by atoms with Crippen molar-refractivity contribution >= 4 is 17.7 Å². The Morgan fingerprint density at radius 2 is 2.00 bits per heavy atom. The number of hydrogen-bond donors (Lipinski definition) is 1. The quantitative estimate of drug-likeness (QED) is 0.619. The third-order valence-corrected chi connectivity index (χ3v) is 4.69. The zero-order valence-corrected chi connectivity index (χ0v) is 13.0. The molecule has 1 aromatic carbocycles. The molecule has 1 saturated heterocycles. The van der Waals surface area contributed by atoms with Gasteiger partial charge in [-0.25, -0.2) is 0 Å². The van der Waals surface area contributed by atoms with Crippen LogP contribution in [-0.2, 0) is 4.79 Å².